The lowest BCUT2D eigenvalue weighted by Gasteiger charge is -2.28. The van der Waals surface area contributed by atoms with Gasteiger partial charge in [-0.2, -0.15) is 0 Å². The first-order valence-corrected chi connectivity index (χ1v) is 10.4. The molecular weight excluding hydrogens is 386 g/mol. The van der Waals surface area contributed by atoms with Crippen LogP contribution in [-0.2, 0) is 17.8 Å². The topological polar surface area (TPSA) is 68.7 Å². The normalized spacial score (nSPS) is 14.0. The van der Waals surface area contributed by atoms with Crippen LogP contribution in [0.4, 0.5) is 5.69 Å². The zero-order valence-corrected chi connectivity index (χ0v) is 17.3. The molecular formula is C26H23N3O2. The van der Waals surface area contributed by atoms with E-state index in [0.717, 1.165) is 40.7 Å². The first-order valence-electron chi connectivity index (χ1n) is 10.4. The van der Waals surface area contributed by atoms with E-state index in [9.17, 15) is 9.90 Å². The first kappa shape index (κ1) is 19.1. The van der Waals surface area contributed by atoms with Gasteiger partial charge in [0.2, 0.25) is 5.91 Å². The number of H-pyrrole nitrogens is 1. The Morgan fingerprint density at radius 3 is 2.58 bits per heavy atom. The van der Waals surface area contributed by atoms with Gasteiger partial charge in [0.25, 0.3) is 0 Å². The fourth-order valence-corrected chi connectivity index (χ4v) is 4.24. The van der Waals surface area contributed by atoms with Crippen molar-refractivity contribution in [2.45, 2.75) is 19.9 Å². The van der Waals surface area contributed by atoms with E-state index in [0.29, 0.717) is 17.8 Å². The molecule has 1 aliphatic rings. The van der Waals surface area contributed by atoms with Crippen LogP contribution in [0.25, 0.3) is 10.9 Å². The van der Waals surface area contributed by atoms with Gasteiger partial charge in [-0.05, 0) is 35.7 Å². The number of rotatable bonds is 3. The molecule has 5 nitrogen and oxygen atoms in total. The van der Waals surface area contributed by atoms with E-state index < -0.39 is 0 Å². The van der Waals surface area contributed by atoms with Gasteiger partial charge in [0.15, 0.2) is 5.88 Å². The number of nitrogens with zero attached hydrogens (tertiary/aromatic N) is 2. The van der Waals surface area contributed by atoms with Gasteiger partial charge in [-0.15, -0.1) is 0 Å². The summed E-state index contributed by atoms with van der Waals surface area (Å²) >= 11 is 0. The Morgan fingerprint density at radius 1 is 1.00 bits per heavy atom. The molecule has 2 heterocycles. The third-order valence-corrected chi connectivity index (χ3v) is 5.86. The zero-order chi connectivity index (χ0) is 21.4. The molecule has 31 heavy (non-hydrogen) atoms. The summed E-state index contributed by atoms with van der Waals surface area (Å²) in [5, 5.41) is 11.7. The fraction of sp³-hybridized carbons (Fsp3) is 0.154. The van der Waals surface area contributed by atoms with Crippen LogP contribution in [0, 0.1) is 0 Å². The van der Waals surface area contributed by atoms with E-state index in [1.807, 2.05) is 65.6 Å². The molecule has 3 aromatic carbocycles. The van der Waals surface area contributed by atoms with Crippen LogP contribution in [0.15, 0.2) is 77.8 Å². The van der Waals surface area contributed by atoms with Crippen LogP contribution in [0.1, 0.15) is 29.2 Å². The van der Waals surface area contributed by atoms with E-state index >= 15 is 0 Å². The second-order valence-corrected chi connectivity index (χ2v) is 7.86. The van der Waals surface area contributed by atoms with Gasteiger partial charge in [-0.3, -0.25) is 4.79 Å². The molecule has 1 aliphatic heterocycles. The molecule has 0 spiro atoms. The SMILES string of the molecule is CC(=O)N1CCc2ccc(N=C(c3ccccc3)c3c(O)[nH]c4ccccc34)cc2C1. The van der Waals surface area contributed by atoms with Crippen LogP contribution in [0.3, 0.4) is 0 Å². The van der Waals surface area contributed by atoms with E-state index in [4.69, 9.17) is 4.99 Å². The van der Waals surface area contributed by atoms with Crippen molar-refractivity contribution in [3.63, 3.8) is 0 Å². The number of aliphatic imine (C=N–C) groups is 1. The largest absolute Gasteiger partial charge is 0.494 e. The molecule has 0 atom stereocenters. The van der Waals surface area contributed by atoms with E-state index in [-0.39, 0.29) is 11.8 Å². The summed E-state index contributed by atoms with van der Waals surface area (Å²) in [4.78, 5) is 21.8. The second kappa shape index (κ2) is 7.76. The second-order valence-electron chi connectivity index (χ2n) is 7.86. The van der Waals surface area contributed by atoms with Crippen molar-refractivity contribution in [1.82, 2.24) is 9.88 Å². The van der Waals surface area contributed by atoms with Crippen molar-refractivity contribution < 1.29 is 9.90 Å². The Morgan fingerprint density at radius 2 is 1.77 bits per heavy atom. The number of aromatic nitrogens is 1. The van der Waals surface area contributed by atoms with Crippen LogP contribution in [0.2, 0.25) is 0 Å². The fourth-order valence-electron chi connectivity index (χ4n) is 4.24. The van der Waals surface area contributed by atoms with Crippen molar-refractivity contribution in [2.24, 2.45) is 4.99 Å². The number of hydrogen-bond donors (Lipinski definition) is 2. The summed E-state index contributed by atoms with van der Waals surface area (Å²) in [6.07, 6.45) is 0.855. The van der Waals surface area contributed by atoms with Crippen LogP contribution in [-0.4, -0.2) is 33.2 Å². The molecule has 0 fully saturated rings. The number of aromatic hydroxyl groups is 1. The predicted octanol–water partition coefficient (Wildman–Crippen LogP) is 4.95. The van der Waals surface area contributed by atoms with E-state index in [1.54, 1.807) is 6.92 Å². The summed E-state index contributed by atoms with van der Waals surface area (Å²) in [5.74, 6) is 0.192. The van der Waals surface area contributed by atoms with Gasteiger partial charge in [0.1, 0.15) is 0 Å². The number of carbonyl (C=O) groups excluding carboxylic acids is 1. The maximum Gasteiger partial charge on any atom is 0.219 e. The van der Waals surface area contributed by atoms with Crippen molar-refractivity contribution in [1.29, 1.82) is 0 Å². The lowest BCUT2D eigenvalue weighted by atomic mass is 9.98. The Bertz CT molecular complexity index is 1300. The maximum absolute atomic E-state index is 11.8. The molecule has 5 rings (SSSR count). The quantitative estimate of drug-likeness (QED) is 0.470. The summed E-state index contributed by atoms with van der Waals surface area (Å²) < 4.78 is 0. The standard InChI is InChI=1S/C26H23N3O2/c1-17(30)29-14-13-18-11-12-21(15-20(18)16-29)27-25(19-7-3-2-4-8-19)24-22-9-5-6-10-23(22)28-26(24)31/h2-12,15,28,31H,13-14,16H2,1H3. The summed E-state index contributed by atoms with van der Waals surface area (Å²) in [6.45, 7) is 2.97. The number of nitrogens with one attached hydrogen (secondary N) is 1. The van der Waals surface area contributed by atoms with Gasteiger partial charge < -0.3 is 15.0 Å². The van der Waals surface area contributed by atoms with Crippen molar-refractivity contribution in [3.05, 3.63) is 95.1 Å². The molecule has 0 unspecified atom stereocenters. The third-order valence-electron chi connectivity index (χ3n) is 5.86. The highest BCUT2D eigenvalue weighted by Crippen LogP contribution is 2.32. The Balaban J connectivity index is 1.66. The summed E-state index contributed by atoms with van der Waals surface area (Å²) in [5.41, 5.74) is 6.35. The Hall–Kier alpha value is -3.86. The van der Waals surface area contributed by atoms with Crippen LogP contribution >= 0.6 is 0 Å². The van der Waals surface area contributed by atoms with Gasteiger partial charge in [-0.1, -0.05) is 54.6 Å². The Labute approximate surface area is 180 Å². The average molecular weight is 409 g/mol. The molecule has 4 aromatic rings. The van der Waals surface area contributed by atoms with E-state index in [1.165, 1.54) is 5.56 Å². The number of fused-ring (bicyclic) bond motifs is 2. The molecule has 5 heteroatoms. The van der Waals surface area contributed by atoms with Crippen molar-refractivity contribution >= 4 is 28.2 Å². The molecule has 1 amide bonds. The van der Waals surface area contributed by atoms with E-state index in [2.05, 4.69) is 17.1 Å². The van der Waals surface area contributed by atoms with Crippen LogP contribution < -0.4 is 0 Å². The van der Waals surface area contributed by atoms with Gasteiger partial charge >= 0.3 is 0 Å². The molecule has 2 N–H and O–H groups in total. The number of benzene rings is 3. The number of amides is 1. The molecule has 154 valence electrons. The molecule has 0 bridgehead atoms. The van der Waals surface area contributed by atoms with Crippen molar-refractivity contribution in [3.8, 4) is 5.88 Å². The minimum atomic E-state index is 0.0910. The molecule has 0 saturated heterocycles. The zero-order valence-electron chi connectivity index (χ0n) is 17.3. The number of para-hydroxylation sites is 1. The smallest absolute Gasteiger partial charge is 0.219 e. The highest BCUT2D eigenvalue weighted by Gasteiger charge is 2.20. The Kier molecular flexibility index (Phi) is 4.79. The van der Waals surface area contributed by atoms with Crippen LogP contribution in [0.5, 0.6) is 5.88 Å². The van der Waals surface area contributed by atoms with Gasteiger partial charge in [-0.25, -0.2) is 4.99 Å². The lowest BCUT2D eigenvalue weighted by molar-refractivity contribution is -0.129. The first-order chi connectivity index (χ1) is 15.1. The van der Waals surface area contributed by atoms with Gasteiger partial charge in [0, 0.05) is 36.5 Å². The molecule has 0 aliphatic carbocycles. The van der Waals surface area contributed by atoms with Crippen molar-refractivity contribution in [2.75, 3.05) is 6.54 Å². The monoisotopic (exact) mass is 409 g/mol. The number of carbonyl (C=O) groups is 1. The number of aromatic amines is 1. The van der Waals surface area contributed by atoms with Gasteiger partial charge in [0.05, 0.1) is 17.0 Å². The minimum absolute atomic E-state index is 0.0910. The highest BCUT2D eigenvalue weighted by atomic mass is 16.3. The maximum atomic E-state index is 11.8. The summed E-state index contributed by atoms with van der Waals surface area (Å²) in [7, 11) is 0. The summed E-state index contributed by atoms with van der Waals surface area (Å²) in [6, 6.07) is 23.9. The third kappa shape index (κ3) is 3.59. The highest BCUT2D eigenvalue weighted by molar-refractivity contribution is 6.21. The lowest BCUT2D eigenvalue weighted by Crippen LogP contribution is -2.34. The molecule has 0 radical (unpaired) electrons. The average Bonchev–Trinajstić information content (AvgIpc) is 3.13. The minimum Gasteiger partial charge on any atom is -0.494 e. The molecule has 1 aromatic heterocycles. The number of hydrogen-bond acceptors (Lipinski definition) is 3. The predicted molar refractivity (Wildman–Crippen MR) is 123 cm³/mol. The molecule has 0 saturated carbocycles.